The molecule has 0 bridgehead atoms. The maximum absolute atomic E-state index is 5.39. The summed E-state index contributed by atoms with van der Waals surface area (Å²) in [6, 6.07) is 8.99. The summed E-state index contributed by atoms with van der Waals surface area (Å²) >= 11 is 0. The highest BCUT2D eigenvalue weighted by atomic mass is 16.5. The molecule has 0 unspecified atom stereocenters. The van der Waals surface area contributed by atoms with Crippen molar-refractivity contribution < 1.29 is 4.74 Å². The van der Waals surface area contributed by atoms with Gasteiger partial charge in [-0.25, -0.2) is 0 Å². The molecule has 1 aliphatic heterocycles. The van der Waals surface area contributed by atoms with E-state index in [-0.39, 0.29) is 0 Å². The molecule has 3 nitrogen and oxygen atoms in total. The Bertz CT molecular complexity index is 394. The number of anilines is 1. The van der Waals surface area contributed by atoms with Crippen molar-refractivity contribution in [3.05, 3.63) is 29.8 Å². The lowest BCUT2D eigenvalue weighted by Crippen LogP contribution is -2.36. The first kappa shape index (κ1) is 13.9. The normalized spacial score (nSPS) is 19.9. The van der Waals surface area contributed by atoms with Crippen molar-refractivity contribution in [2.45, 2.75) is 32.2 Å². The van der Waals surface area contributed by atoms with E-state index >= 15 is 0 Å². The molecule has 1 saturated heterocycles. The van der Waals surface area contributed by atoms with Crippen LogP contribution in [0.5, 0.6) is 0 Å². The minimum Gasteiger partial charge on any atom is -0.378 e. The standard InChI is InChI=1S/C17H26N2O/c1-2-15(3-1)8-9-18-14-16-4-6-17(7-5-16)19-10-12-20-13-11-19/h4-7,15,18H,1-3,8-14H2. The predicted molar refractivity (Wildman–Crippen MR) is 83.1 cm³/mol. The van der Waals surface area contributed by atoms with Crippen LogP contribution >= 0.6 is 0 Å². The van der Waals surface area contributed by atoms with Gasteiger partial charge in [0.1, 0.15) is 0 Å². The SMILES string of the molecule is c1cc(N2CCOCC2)ccc1CNCCC1CCC1. The van der Waals surface area contributed by atoms with Crippen LogP contribution in [0.2, 0.25) is 0 Å². The van der Waals surface area contributed by atoms with Crippen LogP contribution in [0.1, 0.15) is 31.2 Å². The van der Waals surface area contributed by atoms with Crippen molar-refractivity contribution >= 4 is 5.69 Å². The van der Waals surface area contributed by atoms with Gasteiger partial charge in [-0.3, -0.25) is 0 Å². The molecule has 1 saturated carbocycles. The maximum atomic E-state index is 5.39. The first-order valence-corrected chi connectivity index (χ1v) is 8.04. The molecular formula is C17H26N2O. The van der Waals surface area contributed by atoms with Gasteiger partial charge in [-0.1, -0.05) is 31.4 Å². The van der Waals surface area contributed by atoms with E-state index in [4.69, 9.17) is 4.74 Å². The lowest BCUT2D eigenvalue weighted by Gasteiger charge is -2.29. The molecule has 3 rings (SSSR count). The quantitative estimate of drug-likeness (QED) is 0.807. The van der Waals surface area contributed by atoms with Gasteiger partial charge in [0.25, 0.3) is 0 Å². The zero-order chi connectivity index (χ0) is 13.6. The van der Waals surface area contributed by atoms with E-state index in [1.54, 1.807) is 0 Å². The van der Waals surface area contributed by atoms with Crippen molar-refractivity contribution in [1.29, 1.82) is 0 Å². The molecule has 20 heavy (non-hydrogen) atoms. The fourth-order valence-electron chi connectivity index (χ4n) is 2.97. The van der Waals surface area contributed by atoms with Gasteiger partial charge in [-0.15, -0.1) is 0 Å². The van der Waals surface area contributed by atoms with E-state index in [1.165, 1.54) is 36.9 Å². The first-order valence-electron chi connectivity index (χ1n) is 8.04. The molecule has 0 radical (unpaired) electrons. The lowest BCUT2D eigenvalue weighted by molar-refractivity contribution is 0.122. The Labute approximate surface area is 122 Å². The monoisotopic (exact) mass is 274 g/mol. The smallest absolute Gasteiger partial charge is 0.0642 e. The van der Waals surface area contributed by atoms with Crippen LogP contribution in [0.25, 0.3) is 0 Å². The van der Waals surface area contributed by atoms with Gasteiger partial charge in [-0.2, -0.15) is 0 Å². The fourth-order valence-corrected chi connectivity index (χ4v) is 2.97. The minimum atomic E-state index is 0.852. The number of hydrogen-bond donors (Lipinski definition) is 1. The zero-order valence-electron chi connectivity index (χ0n) is 12.3. The first-order chi connectivity index (χ1) is 9.92. The van der Waals surface area contributed by atoms with Crippen LogP contribution in [-0.2, 0) is 11.3 Å². The number of benzene rings is 1. The van der Waals surface area contributed by atoms with Crippen molar-refractivity contribution in [3.63, 3.8) is 0 Å². The molecule has 1 heterocycles. The number of nitrogens with zero attached hydrogens (tertiary/aromatic N) is 1. The summed E-state index contributed by atoms with van der Waals surface area (Å²) in [4.78, 5) is 2.40. The highest BCUT2D eigenvalue weighted by Crippen LogP contribution is 2.28. The molecule has 1 aromatic rings. The summed E-state index contributed by atoms with van der Waals surface area (Å²) in [6.45, 7) is 5.89. The largest absolute Gasteiger partial charge is 0.378 e. The number of nitrogens with one attached hydrogen (secondary N) is 1. The molecular weight excluding hydrogens is 248 g/mol. The molecule has 1 N–H and O–H groups in total. The van der Waals surface area contributed by atoms with E-state index in [2.05, 4.69) is 34.5 Å². The van der Waals surface area contributed by atoms with E-state index in [9.17, 15) is 0 Å². The summed E-state index contributed by atoms with van der Waals surface area (Å²) in [7, 11) is 0. The highest BCUT2D eigenvalue weighted by Gasteiger charge is 2.16. The average molecular weight is 274 g/mol. The summed E-state index contributed by atoms with van der Waals surface area (Å²) in [5.74, 6) is 1.01. The molecule has 0 amide bonds. The lowest BCUT2D eigenvalue weighted by atomic mass is 9.83. The van der Waals surface area contributed by atoms with Gasteiger partial charge in [0, 0.05) is 25.3 Å². The van der Waals surface area contributed by atoms with Gasteiger partial charge in [0.15, 0.2) is 0 Å². The van der Waals surface area contributed by atoms with E-state index in [0.29, 0.717) is 0 Å². The van der Waals surface area contributed by atoms with E-state index in [0.717, 1.165) is 45.3 Å². The van der Waals surface area contributed by atoms with Crippen molar-refractivity contribution in [1.82, 2.24) is 5.32 Å². The zero-order valence-corrected chi connectivity index (χ0v) is 12.3. The van der Waals surface area contributed by atoms with Crippen LogP contribution in [0.15, 0.2) is 24.3 Å². The second-order valence-corrected chi connectivity index (χ2v) is 6.03. The molecule has 0 aromatic heterocycles. The van der Waals surface area contributed by atoms with Crippen LogP contribution in [0, 0.1) is 5.92 Å². The van der Waals surface area contributed by atoms with Crippen molar-refractivity contribution in [3.8, 4) is 0 Å². The highest BCUT2D eigenvalue weighted by molar-refractivity contribution is 5.47. The second-order valence-electron chi connectivity index (χ2n) is 6.03. The molecule has 1 aliphatic carbocycles. The Morgan fingerprint density at radius 1 is 1.10 bits per heavy atom. The van der Waals surface area contributed by atoms with Crippen molar-refractivity contribution in [2.24, 2.45) is 5.92 Å². The summed E-state index contributed by atoms with van der Waals surface area (Å²) in [6.07, 6.45) is 5.71. The van der Waals surface area contributed by atoms with Crippen LogP contribution in [0.3, 0.4) is 0 Å². The van der Waals surface area contributed by atoms with Crippen LogP contribution in [0.4, 0.5) is 5.69 Å². The Balaban J connectivity index is 1.40. The van der Waals surface area contributed by atoms with Gasteiger partial charge in [0.2, 0.25) is 0 Å². The minimum absolute atomic E-state index is 0.852. The third-order valence-electron chi connectivity index (χ3n) is 4.60. The molecule has 2 aliphatic rings. The average Bonchev–Trinajstić information content (AvgIpc) is 2.47. The molecule has 110 valence electrons. The van der Waals surface area contributed by atoms with Gasteiger partial charge in [-0.05, 0) is 36.6 Å². The second kappa shape index (κ2) is 7.09. The van der Waals surface area contributed by atoms with Crippen LogP contribution < -0.4 is 10.2 Å². The molecule has 1 aromatic carbocycles. The number of hydrogen-bond acceptors (Lipinski definition) is 3. The number of morpholine rings is 1. The third kappa shape index (κ3) is 3.74. The Kier molecular flexibility index (Phi) is 4.93. The molecule has 0 spiro atoms. The number of ether oxygens (including phenoxy) is 1. The summed E-state index contributed by atoms with van der Waals surface area (Å²) < 4.78 is 5.39. The van der Waals surface area contributed by atoms with Crippen molar-refractivity contribution in [2.75, 3.05) is 37.7 Å². The van der Waals surface area contributed by atoms with Gasteiger partial charge >= 0.3 is 0 Å². The Hall–Kier alpha value is -1.06. The predicted octanol–water partition coefficient (Wildman–Crippen LogP) is 2.80. The molecule has 2 fully saturated rings. The Morgan fingerprint density at radius 2 is 1.85 bits per heavy atom. The molecule has 3 heteroatoms. The third-order valence-corrected chi connectivity index (χ3v) is 4.60. The fraction of sp³-hybridized carbons (Fsp3) is 0.647. The van der Waals surface area contributed by atoms with E-state index < -0.39 is 0 Å². The van der Waals surface area contributed by atoms with Gasteiger partial charge in [0.05, 0.1) is 13.2 Å². The summed E-state index contributed by atoms with van der Waals surface area (Å²) in [5.41, 5.74) is 2.71. The molecule has 0 atom stereocenters. The van der Waals surface area contributed by atoms with Gasteiger partial charge < -0.3 is 15.0 Å². The Morgan fingerprint density at radius 3 is 2.50 bits per heavy atom. The summed E-state index contributed by atoms with van der Waals surface area (Å²) in [5, 5.41) is 3.57. The number of rotatable bonds is 6. The topological polar surface area (TPSA) is 24.5 Å². The van der Waals surface area contributed by atoms with Crippen LogP contribution in [-0.4, -0.2) is 32.8 Å². The van der Waals surface area contributed by atoms with E-state index in [1.807, 2.05) is 0 Å². The maximum Gasteiger partial charge on any atom is 0.0642 e.